The number of rotatable bonds is 16. The van der Waals surface area contributed by atoms with E-state index >= 15 is 0 Å². The molecule has 2 amide bonds. The Morgan fingerprint density at radius 2 is 1.10 bits per heavy atom. The molecule has 83 heavy (non-hydrogen) atoms. The summed E-state index contributed by atoms with van der Waals surface area (Å²) in [6.07, 6.45) is 12.9. The standard InChI is InChI=1S/C30H29ClN6O2.C17H17ClN4O.C13H13ClN2O.C3H8O/c1-19-7-5-11-33-28(19)18-39-22-9-10-25(24(31)14-22)36-30-21(16-32)17-34-27-13-20(2)26(15-23(27)30)35-29(38)8-6-12-37(3)4;1-11-7-15-13(17(18)12(9-19)10-20-15)8-14(11)21-16(23)5-4-6-22(2)3;1-9-3-2-6-16-13(9)8-17-10-4-5-12(15)11(14)7-10;1-3(2)4/h5-11,13-15,17H,12,18H2,1-4H3,(H,34,36)(H,35,38);4-5,7-8,10H,6H2,1-3H3,(H,21,23);2-7H,8,15H2,1H3;3-4H,1-2H3/b8-6+;5-4+;;. The molecular formula is C63H67Cl3N12O5. The normalized spacial score (nSPS) is 10.8. The highest BCUT2D eigenvalue weighted by atomic mass is 35.5. The van der Waals surface area contributed by atoms with Crippen molar-refractivity contribution < 1.29 is 24.2 Å². The van der Waals surface area contributed by atoms with Gasteiger partial charge in [-0.05, 0) is 153 Å². The Kier molecular flexibility index (Phi) is 25.2. The van der Waals surface area contributed by atoms with Crippen LogP contribution in [0.25, 0.3) is 21.8 Å². The van der Waals surface area contributed by atoms with Gasteiger partial charge in [-0.3, -0.25) is 29.5 Å². The maximum atomic E-state index is 12.5. The minimum Gasteiger partial charge on any atom is -0.487 e. The van der Waals surface area contributed by atoms with Gasteiger partial charge in [0.1, 0.15) is 36.9 Å². The molecule has 8 aromatic rings. The zero-order valence-electron chi connectivity index (χ0n) is 48.0. The Morgan fingerprint density at radius 1 is 0.639 bits per heavy atom. The summed E-state index contributed by atoms with van der Waals surface area (Å²) in [6, 6.07) is 29.8. The largest absolute Gasteiger partial charge is 0.487 e. The number of aliphatic hydroxyl groups excluding tert-OH is 1. The van der Waals surface area contributed by atoms with Gasteiger partial charge in [-0.15, -0.1) is 0 Å². The monoisotopic (exact) mass is 1180 g/mol. The van der Waals surface area contributed by atoms with Crippen molar-refractivity contribution in [3.8, 4) is 23.6 Å². The highest BCUT2D eigenvalue weighted by molar-refractivity contribution is 6.36. The van der Waals surface area contributed by atoms with Crippen LogP contribution in [0.1, 0.15) is 58.6 Å². The number of ether oxygens (including phenoxy) is 2. The van der Waals surface area contributed by atoms with Crippen LogP contribution < -0.4 is 31.2 Å². The Morgan fingerprint density at radius 3 is 1.55 bits per heavy atom. The van der Waals surface area contributed by atoms with Crippen molar-refractivity contribution in [2.24, 2.45) is 0 Å². The Labute approximate surface area is 500 Å². The number of aromatic nitrogens is 4. The number of hydrogen-bond donors (Lipinski definition) is 5. The minimum atomic E-state index is -0.238. The van der Waals surface area contributed by atoms with E-state index in [9.17, 15) is 14.9 Å². The van der Waals surface area contributed by atoms with E-state index in [0.29, 0.717) is 114 Å². The summed E-state index contributed by atoms with van der Waals surface area (Å²) in [4.78, 5) is 45.7. The van der Waals surface area contributed by atoms with Crippen molar-refractivity contribution in [3.05, 3.63) is 194 Å². The van der Waals surface area contributed by atoms with Crippen LogP contribution in [-0.2, 0) is 22.8 Å². The molecule has 17 nitrogen and oxygen atoms in total. The lowest BCUT2D eigenvalue weighted by Crippen LogP contribution is -2.13. The molecule has 0 aliphatic heterocycles. The van der Waals surface area contributed by atoms with Crippen molar-refractivity contribution in [2.45, 2.75) is 60.9 Å². The van der Waals surface area contributed by atoms with Gasteiger partial charge in [0.2, 0.25) is 11.8 Å². The Bertz CT molecular complexity index is 3710. The lowest BCUT2D eigenvalue weighted by atomic mass is 10.1. The van der Waals surface area contributed by atoms with E-state index in [2.05, 4.69) is 42.0 Å². The van der Waals surface area contributed by atoms with Gasteiger partial charge < -0.3 is 46.1 Å². The molecule has 4 aromatic heterocycles. The lowest BCUT2D eigenvalue weighted by Gasteiger charge is -2.16. The predicted molar refractivity (Wildman–Crippen MR) is 335 cm³/mol. The summed E-state index contributed by atoms with van der Waals surface area (Å²) in [5.74, 6) is 0.834. The molecule has 0 fully saturated rings. The second-order valence-electron chi connectivity index (χ2n) is 19.6. The molecule has 0 bridgehead atoms. The van der Waals surface area contributed by atoms with E-state index in [-0.39, 0.29) is 17.9 Å². The average molecular weight is 1180 g/mol. The van der Waals surface area contributed by atoms with Crippen LogP contribution in [0, 0.1) is 50.4 Å². The molecule has 0 spiro atoms. The zero-order valence-corrected chi connectivity index (χ0v) is 50.2. The van der Waals surface area contributed by atoms with Crippen LogP contribution in [0.2, 0.25) is 15.1 Å². The first kappa shape index (κ1) is 65.2. The number of nitrogen functional groups attached to an aromatic ring is 1. The number of halogens is 3. The quantitative estimate of drug-likeness (QED) is 0.0446. The van der Waals surface area contributed by atoms with Gasteiger partial charge in [-0.1, -0.05) is 59.1 Å². The van der Waals surface area contributed by atoms with E-state index in [1.165, 1.54) is 24.5 Å². The molecule has 0 radical (unpaired) electrons. The van der Waals surface area contributed by atoms with Crippen LogP contribution in [0.3, 0.4) is 0 Å². The maximum absolute atomic E-state index is 12.5. The van der Waals surface area contributed by atoms with Gasteiger partial charge in [0.05, 0.1) is 65.7 Å². The molecule has 8 rings (SSSR count). The number of nitrogens with two attached hydrogens (primary N) is 1. The summed E-state index contributed by atoms with van der Waals surface area (Å²) >= 11 is 18.7. The number of nitrogens with one attached hydrogen (secondary N) is 3. The summed E-state index contributed by atoms with van der Waals surface area (Å²) in [5.41, 5.74) is 16.3. The van der Waals surface area contributed by atoms with Gasteiger partial charge in [0.15, 0.2) is 0 Å². The molecule has 0 aliphatic carbocycles. The topological polar surface area (TPSA) is 241 Å². The maximum Gasteiger partial charge on any atom is 0.248 e. The molecule has 0 saturated heterocycles. The number of carbonyl (C=O) groups is 2. The number of amides is 2. The third kappa shape index (κ3) is 20.4. The number of hydrogen-bond acceptors (Lipinski definition) is 15. The number of aliphatic hydroxyl groups is 1. The molecule has 0 aliphatic rings. The van der Waals surface area contributed by atoms with E-state index in [1.807, 2.05) is 114 Å². The predicted octanol–water partition coefficient (Wildman–Crippen LogP) is 12.9. The third-order valence-electron chi connectivity index (χ3n) is 11.8. The SMILES string of the molecule is CC(C)O.Cc1cc2ncc(C#N)c(Cl)c2cc1NC(=O)/C=C/CN(C)C.Cc1cc2ncc(C#N)c(Nc3ccc(OCc4ncccc4C)cc3Cl)c2cc1NC(=O)/C=C/CN(C)C.Cc1cccnc1COc1ccc(N)c(Cl)c1. The van der Waals surface area contributed by atoms with Crippen LogP contribution >= 0.6 is 34.8 Å². The first-order chi connectivity index (χ1) is 39.6. The fraction of sp³-hybridized carbons (Fsp3) is 0.238. The molecule has 0 saturated carbocycles. The second-order valence-corrected chi connectivity index (χ2v) is 20.8. The second kappa shape index (κ2) is 32.1. The number of likely N-dealkylation sites (N-methyl/N-ethyl adjacent to an activating group) is 2. The molecular weight excluding hydrogens is 1110 g/mol. The van der Waals surface area contributed by atoms with Gasteiger partial charge >= 0.3 is 0 Å². The number of nitrogens with zero attached hydrogens (tertiary/aromatic N) is 8. The summed E-state index contributed by atoms with van der Waals surface area (Å²) in [5, 5.41) is 38.5. The fourth-order valence-corrected chi connectivity index (χ4v) is 8.00. The molecule has 0 unspecified atom stereocenters. The minimum absolute atomic E-state index is 0.167. The molecule has 0 atom stereocenters. The van der Waals surface area contributed by atoms with Crippen molar-refractivity contribution in [2.75, 3.05) is 63.0 Å². The highest BCUT2D eigenvalue weighted by Gasteiger charge is 2.16. The van der Waals surface area contributed by atoms with E-state index in [4.69, 9.17) is 60.4 Å². The average Bonchev–Trinajstić information content (AvgIpc) is 3.25. The van der Waals surface area contributed by atoms with Gasteiger partial charge in [-0.25, -0.2) is 0 Å². The van der Waals surface area contributed by atoms with Gasteiger partial charge in [-0.2, -0.15) is 10.5 Å². The Balaban J connectivity index is 0.000000241. The van der Waals surface area contributed by atoms with E-state index < -0.39 is 0 Å². The zero-order chi connectivity index (χ0) is 60.8. The van der Waals surface area contributed by atoms with Crippen LogP contribution in [0.5, 0.6) is 11.5 Å². The molecule has 430 valence electrons. The number of nitriles is 2. The van der Waals surface area contributed by atoms with Gasteiger partial charge in [0, 0.05) is 90.4 Å². The number of aryl methyl sites for hydroxylation is 4. The molecule has 6 N–H and O–H groups in total. The first-order valence-corrected chi connectivity index (χ1v) is 27.1. The van der Waals surface area contributed by atoms with Gasteiger partial charge in [0.25, 0.3) is 0 Å². The van der Waals surface area contributed by atoms with Crippen molar-refractivity contribution in [3.63, 3.8) is 0 Å². The summed E-state index contributed by atoms with van der Waals surface area (Å²) < 4.78 is 11.5. The number of carbonyl (C=O) groups excluding carboxylic acids is 2. The van der Waals surface area contributed by atoms with E-state index in [0.717, 1.165) is 33.6 Å². The fourth-order valence-electron chi connectivity index (χ4n) is 7.37. The van der Waals surface area contributed by atoms with Crippen LogP contribution in [0.4, 0.5) is 28.4 Å². The van der Waals surface area contributed by atoms with Crippen molar-refractivity contribution >= 4 is 96.9 Å². The molecule has 4 aromatic carbocycles. The smallest absolute Gasteiger partial charge is 0.248 e. The number of pyridine rings is 4. The highest BCUT2D eigenvalue weighted by Crippen LogP contribution is 2.36. The summed E-state index contributed by atoms with van der Waals surface area (Å²) in [6.45, 7) is 13.3. The molecule has 4 heterocycles. The van der Waals surface area contributed by atoms with Crippen LogP contribution in [0.15, 0.2) is 134 Å². The van der Waals surface area contributed by atoms with Crippen molar-refractivity contribution in [1.29, 1.82) is 10.5 Å². The molecule has 20 heteroatoms. The number of fused-ring (bicyclic) bond motifs is 2. The van der Waals surface area contributed by atoms with Crippen molar-refractivity contribution in [1.82, 2.24) is 29.7 Å². The Hall–Kier alpha value is -8.65. The summed E-state index contributed by atoms with van der Waals surface area (Å²) in [7, 11) is 7.72. The number of benzene rings is 4. The van der Waals surface area contributed by atoms with E-state index in [1.54, 1.807) is 80.9 Å². The lowest BCUT2D eigenvalue weighted by molar-refractivity contribution is -0.112. The third-order valence-corrected chi connectivity index (χ3v) is 12.8. The van der Waals surface area contributed by atoms with Crippen LogP contribution in [-0.4, -0.2) is 94.0 Å². The number of anilines is 5. The first-order valence-electron chi connectivity index (χ1n) is 26.0.